The van der Waals surface area contributed by atoms with E-state index in [4.69, 9.17) is 4.42 Å². The van der Waals surface area contributed by atoms with Gasteiger partial charge in [0.1, 0.15) is 11.2 Å². The highest BCUT2D eigenvalue weighted by molar-refractivity contribution is 6.24. The molecule has 0 fully saturated rings. The van der Waals surface area contributed by atoms with Crippen LogP contribution in [-0.4, -0.2) is 0 Å². The van der Waals surface area contributed by atoms with Crippen molar-refractivity contribution in [2.75, 3.05) is 0 Å². The van der Waals surface area contributed by atoms with E-state index in [2.05, 4.69) is 176 Å². The van der Waals surface area contributed by atoms with Crippen molar-refractivity contribution < 1.29 is 4.42 Å². The van der Waals surface area contributed by atoms with Crippen LogP contribution in [0.1, 0.15) is 0 Å². The Morgan fingerprint density at radius 1 is 0.306 bits per heavy atom. The molecule has 0 saturated carbocycles. The minimum atomic E-state index is 0.913. The Bertz CT molecular complexity index is 2800. The van der Waals surface area contributed by atoms with Crippen molar-refractivity contribution >= 4 is 54.3 Å². The third kappa shape index (κ3) is 4.40. The van der Waals surface area contributed by atoms with Crippen LogP contribution in [0, 0.1) is 0 Å². The van der Waals surface area contributed by atoms with Crippen LogP contribution >= 0.6 is 0 Å². The molecule has 0 N–H and O–H groups in total. The summed E-state index contributed by atoms with van der Waals surface area (Å²) in [5, 5.41) is 9.73. The zero-order chi connectivity index (χ0) is 32.3. The standard InChI is InChI=1S/C48H30O/c1-2-13-31(14-3-1)32-25-27-33(28-26-32)45-38-19-6-8-21-40(38)46(41-22-9-7-20-39(41)45)36-17-12-16-34(29-36)43-30-35-15-4-5-18-37(35)47-42-23-10-11-24-44(42)49-48(43)47/h1-30H. The minimum Gasteiger partial charge on any atom is -0.455 e. The molecular weight excluding hydrogens is 593 g/mol. The van der Waals surface area contributed by atoms with E-state index >= 15 is 0 Å². The van der Waals surface area contributed by atoms with Crippen molar-refractivity contribution in [3.8, 4) is 44.5 Å². The second-order valence-corrected chi connectivity index (χ2v) is 12.8. The van der Waals surface area contributed by atoms with Crippen LogP contribution in [0.5, 0.6) is 0 Å². The highest BCUT2D eigenvalue weighted by atomic mass is 16.3. The number of benzene rings is 9. The van der Waals surface area contributed by atoms with E-state index in [0.717, 1.165) is 27.7 Å². The van der Waals surface area contributed by atoms with E-state index in [-0.39, 0.29) is 0 Å². The zero-order valence-electron chi connectivity index (χ0n) is 26.7. The fourth-order valence-electron chi connectivity index (χ4n) is 7.84. The molecule has 0 radical (unpaired) electrons. The second-order valence-electron chi connectivity index (χ2n) is 12.8. The monoisotopic (exact) mass is 622 g/mol. The molecule has 0 amide bonds. The molecule has 0 unspecified atom stereocenters. The van der Waals surface area contributed by atoms with Gasteiger partial charge >= 0.3 is 0 Å². The normalized spacial score (nSPS) is 11.7. The highest BCUT2D eigenvalue weighted by Crippen LogP contribution is 2.46. The molecule has 0 aliphatic heterocycles. The number of rotatable bonds is 4. The maximum absolute atomic E-state index is 6.63. The molecule has 1 heteroatoms. The van der Waals surface area contributed by atoms with Gasteiger partial charge in [-0.3, -0.25) is 0 Å². The van der Waals surface area contributed by atoms with Crippen LogP contribution in [0.4, 0.5) is 0 Å². The molecular formula is C48H30O. The Balaban J connectivity index is 1.20. The van der Waals surface area contributed by atoms with Crippen LogP contribution in [0.2, 0.25) is 0 Å². The summed E-state index contributed by atoms with van der Waals surface area (Å²) in [4.78, 5) is 0. The van der Waals surface area contributed by atoms with E-state index in [0.29, 0.717) is 0 Å². The van der Waals surface area contributed by atoms with E-state index in [1.165, 1.54) is 71.1 Å². The van der Waals surface area contributed by atoms with Crippen molar-refractivity contribution in [2.24, 2.45) is 0 Å². The molecule has 0 atom stereocenters. The first-order valence-corrected chi connectivity index (χ1v) is 16.8. The lowest BCUT2D eigenvalue weighted by Gasteiger charge is -2.18. The lowest BCUT2D eigenvalue weighted by Crippen LogP contribution is -1.91. The summed E-state index contributed by atoms with van der Waals surface area (Å²) in [7, 11) is 0. The molecule has 0 aliphatic rings. The van der Waals surface area contributed by atoms with Gasteiger partial charge in [-0.15, -0.1) is 0 Å². The predicted octanol–water partition coefficient (Wildman–Crippen LogP) is 13.7. The van der Waals surface area contributed by atoms with E-state index in [1.807, 2.05) is 6.07 Å². The number of fused-ring (bicyclic) bond motifs is 7. The van der Waals surface area contributed by atoms with Gasteiger partial charge in [-0.05, 0) is 89.5 Å². The Hall–Kier alpha value is -6.44. The lowest BCUT2D eigenvalue weighted by molar-refractivity contribution is 0.670. The SMILES string of the molecule is c1ccc(-c2ccc(-c3c4ccccc4c(-c4cccc(-c5cc6ccccc6c6c5oc5ccccc56)c4)c4ccccc34)cc2)cc1. The highest BCUT2D eigenvalue weighted by Gasteiger charge is 2.19. The molecule has 9 aromatic carbocycles. The molecule has 1 heterocycles. The average molecular weight is 623 g/mol. The van der Waals surface area contributed by atoms with Crippen LogP contribution in [0.25, 0.3) is 98.8 Å². The minimum absolute atomic E-state index is 0.913. The predicted molar refractivity (Wildman–Crippen MR) is 208 cm³/mol. The van der Waals surface area contributed by atoms with Crippen molar-refractivity contribution in [1.82, 2.24) is 0 Å². The largest absolute Gasteiger partial charge is 0.455 e. The third-order valence-electron chi connectivity index (χ3n) is 10.0. The van der Waals surface area contributed by atoms with Gasteiger partial charge in [-0.2, -0.15) is 0 Å². The Morgan fingerprint density at radius 3 is 1.49 bits per heavy atom. The Kier molecular flexibility index (Phi) is 6.25. The molecule has 1 nitrogen and oxygen atoms in total. The summed E-state index contributed by atoms with van der Waals surface area (Å²) >= 11 is 0. The fourth-order valence-corrected chi connectivity index (χ4v) is 7.84. The maximum Gasteiger partial charge on any atom is 0.143 e. The van der Waals surface area contributed by atoms with Gasteiger partial charge in [0.2, 0.25) is 0 Å². The van der Waals surface area contributed by atoms with Crippen LogP contribution < -0.4 is 0 Å². The maximum atomic E-state index is 6.63. The first-order chi connectivity index (χ1) is 24.3. The van der Waals surface area contributed by atoms with Crippen molar-refractivity contribution in [1.29, 1.82) is 0 Å². The Labute approximate surface area is 284 Å². The summed E-state index contributed by atoms with van der Waals surface area (Å²) in [6, 6.07) is 65.7. The molecule has 0 spiro atoms. The summed E-state index contributed by atoms with van der Waals surface area (Å²) in [5.41, 5.74) is 11.5. The van der Waals surface area contributed by atoms with Crippen LogP contribution in [0.3, 0.4) is 0 Å². The summed E-state index contributed by atoms with van der Waals surface area (Å²) < 4.78 is 6.63. The smallest absolute Gasteiger partial charge is 0.143 e. The number of para-hydroxylation sites is 1. The van der Waals surface area contributed by atoms with Gasteiger partial charge in [-0.1, -0.05) is 164 Å². The van der Waals surface area contributed by atoms with Gasteiger partial charge in [0.05, 0.1) is 0 Å². The molecule has 0 saturated heterocycles. The van der Waals surface area contributed by atoms with Crippen LogP contribution in [0.15, 0.2) is 186 Å². The topological polar surface area (TPSA) is 13.1 Å². The summed E-state index contributed by atoms with van der Waals surface area (Å²) in [5.74, 6) is 0. The van der Waals surface area contributed by atoms with E-state index < -0.39 is 0 Å². The first-order valence-electron chi connectivity index (χ1n) is 16.8. The average Bonchev–Trinajstić information content (AvgIpc) is 3.57. The summed E-state index contributed by atoms with van der Waals surface area (Å²) in [6.07, 6.45) is 0. The van der Waals surface area contributed by atoms with Crippen molar-refractivity contribution in [3.05, 3.63) is 182 Å². The quantitative estimate of drug-likeness (QED) is 0.178. The molecule has 49 heavy (non-hydrogen) atoms. The number of hydrogen-bond donors (Lipinski definition) is 0. The number of hydrogen-bond acceptors (Lipinski definition) is 1. The van der Waals surface area contributed by atoms with Gasteiger partial charge in [0, 0.05) is 16.3 Å². The number of furan rings is 1. The van der Waals surface area contributed by atoms with Crippen molar-refractivity contribution in [3.63, 3.8) is 0 Å². The summed E-state index contributed by atoms with van der Waals surface area (Å²) in [6.45, 7) is 0. The van der Waals surface area contributed by atoms with Gasteiger partial charge in [0.25, 0.3) is 0 Å². The van der Waals surface area contributed by atoms with Gasteiger partial charge in [0.15, 0.2) is 0 Å². The van der Waals surface area contributed by atoms with Crippen molar-refractivity contribution in [2.45, 2.75) is 0 Å². The van der Waals surface area contributed by atoms with Gasteiger partial charge in [-0.25, -0.2) is 0 Å². The van der Waals surface area contributed by atoms with E-state index in [1.54, 1.807) is 0 Å². The lowest BCUT2D eigenvalue weighted by atomic mass is 9.85. The molecule has 10 rings (SSSR count). The second kappa shape index (κ2) is 11.1. The first kappa shape index (κ1) is 27.7. The van der Waals surface area contributed by atoms with Gasteiger partial charge < -0.3 is 4.42 Å². The molecule has 1 aromatic heterocycles. The molecule has 10 aromatic rings. The third-order valence-corrected chi connectivity index (χ3v) is 10.0. The fraction of sp³-hybridized carbons (Fsp3) is 0. The zero-order valence-corrected chi connectivity index (χ0v) is 26.7. The molecule has 228 valence electrons. The molecule has 0 aliphatic carbocycles. The molecule has 0 bridgehead atoms. The Morgan fingerprint density at radius 2 is 0.796 bits per heavy atom. The van der Waals surface area contributed by atoms with Crippen LogP contribution in [-0.2, 0) is 0 Å². The van der Waals surface area contributed by atoms with E-state index in [9.17, 15) is 0 Å².